The summed E-state index contributed by atoms with van der Waals surface area (Å²) in [6, 6.07) is 9.81. The summed E-state index contributed by atoms with van der Waals surface area (Å²) in [5, 5.41) is 3.78. The molecule has 1 aliphatic rings. The molecule has 0 saturated heterocycles. The Balaban J connectivity index is 1.96. The van der Waals surface area contributed by atoms with Crippen molar-refractivity contribution in [3.63, 3.8) is 0 Å². The Morgan fingerprint density at radius 1 is 1.12 bits per heavy atom. The minimum atomic E-state index is 0.465. The number of hydrogen-bond acceptors (Lipinski definition) is 1. The molecule has 0 heterocycles. The Hall–Kier alpha value is -0.820. The highest BCUT2D eigenvalue weighted by molar-refractivity contribution is 5.28. The molecular formula is C16H25N. The van der Waals surface area contributed by atoms with E-state index in [-0.39, 0.29) is 0 Å². The van der Waals surface area contributed by atoms with Crippen molar-refractivity contribution in [1.82, 2.24) is 5.32 Å². The Morgan fingerprint density at radius 3 is 2.41 bits per heavy atom. The summed E-state index contributed by atoms with van der Waals surface area (Å²) < 4.78 is 0. The molecule has 1 aromatic carbocycles. The second-order valence-electron chi connectivity index (χ2n) is 5.58. The third kappa shape index (κ3) is 3.10. The van der Waals surface area contributed by atoms with Gasteiger partial charge in [0.1, 0.15) is 0 Å². The average Bonchev–Trinajstić information content (AvgIpc) is 2.82. The van der Waals surface area contributed by atoms with Crippen LogP contribution in [0.2, 0.25) is 0 Å². The average molecular weight is 231 g/mol. The van der Waals surface area contributed by atoms with Crippen LogP contribution in [0.5, 0.6) is 0 Å². The first-order valence-corrected chi connectivity index (χ1v) is 7.00. The van der Waals surface area contributed by atoms with Gasteiger partial charge in [-0.3, -0.25) is 0 Å². The fourth-order valence-electron chi connectivity index (χ4n) is 3.15. The van der Waals surface area contributed by atoms with Crippen LogP contribution in [0.1, 0.15) is 56.7 Å². The largest absolute Gasteiger partial charge is 0.307 e. The number of rotatable bonds is 4. The van der Waals surface area contributed by atoms with Gasteiger partial charge >= 0.3 is 0 Å². The molecule has 1 nitrogen and oxygen atoms in total. The molecule has 1 aromatic rings. The molecule has 17 heavy (non-hydrogen) atoms. The molecule has 0 spiro atoms. The van der Waals surface area contributed by atoms with E-state index in [9.17, 15) is 0 Å². The van der Waals surface area contributed by atoms with E-state index in [0.29, 0.717) is 12.1 Å². The zero-order valence-electron chi connectivity index (χ0n) is 11.4. The maximum atomic E-state index is 3.78. The van der Waals surface area contributed by atoms with Crippen molar-refractivity contribution in [2.24, 2.45) is 5.92 Å². The van der Waals surface area contributed by atoms with E-state index in [1.165, 1.54) is 36.8 Å². The summed E-state index contributed by atoms with van der Waals surface area (Å²) in [6.45, 7) is 6.84. The van der Waals surface area contributed by atoms with E-state index in [1.807, 2.05) is 0 Å². The predicted octanol–water partition coefficient (Wildman–Crippen LogP) is 4.22. The molecular weight excluding hydrogens is 206 g/mol. The molecule has 0 bridgehead atoms. The van der Waals surface area contributed by atoms with E-state index in [0.717, 1.165) is 5.92 Å². The van der Waals surface area contributed by atoms with Gasteiger partial charge in [-0.25, -0.2) is 0 Å². The van der Waals surface area contributed by atoms with Gasteiger partial charge in [0.2, 0.25) is 0 Å². The van der Waals surface area contributed by atoms with Gasteiger partial charge in [0, 0.05) is 12.1 Å². The minimum absolute atomic E-state index is 0.465. The molecule has 1 unspecified atom stereocenters. The van der Waals surface area contributed by atoms with Crippen LogP contribution in [0.25, 0.3) is 0 Å². The van der Waals surface area contributed by atoms with Gasteiger partial charge in [-0.15, -0.1) is 0 Å². The van der Waals surface area contributed by atoms with E-state index in [1.54, 1.807) is 0 Å². The first-order chi connectivity index (χ1) is 8.18. The number of hydrogen-bond donors (Lipinski definition) is 1. The first kappa shape index (κ1) is 12.6. The van der Waals surface area contributed by atoms with Crippen molar-refractivity contribution in [2.75, 3.05) is 0 Å². The Kier molecular flexibility index (Phi) is 4.22. The second kappa shape index (κ2) is 5.68. The maximum Gasteiger partial charge on any atom is 0.0296 e. The smallest absolute Gasteiger partial charge is 0.0296 e. The van der Waals surface area contributed by atoms with Crippen LogP contribution in [0.15, 0.2) is 24.3 Å². The van der Waals surface area contributed by atoms with Gasteiger partial charge in [-0.05, 0) is 50.7 Å². The van der Waals surface area contributed by atoms with Gasteiger partial charge in [-0.2, -0.15) is 0 Å². The molecule has 1 fully saturated rings. The summed E-state index contributed by atoms with van der Waals surface area (Å²) in [5.74, 6) is 0.890. The molecule has 0 aliphatic heterocycles. The van der Waals surface area contributed by atoms with E-state index >= 15 is 0 Å². The summed E-state index contributed by atoms with van der Waals surface area (Å²) >= 11 is 0. The molecule has 94 valence electrons. The lowest BCUT2D eigenvalue weighted by molar-refractivity contribution is 0.352. The number of nitrogens with one attached hydrogen (secondary N) is 1. The van der Waals surface area contributed by atoms with Crippen molar-refractivity contribution < 1.29 is 0 Å². The van der Waals surface area contributed by atoms with E-state index < -0.39 is 0 Å². The molecule has 1 aliphatic carbocycles. The van der Waals surface area contributed by atoms with Crippen LogP contribution >= 0.6 is 0 Å². The van der Waals surface area contributed by atoms with Crippen molar-refractivity contribution in [3.05, 3.63) is 35.4 Å². The van der Waals surface area contributed by atoms with Crippen molar-refractivity contribution >= 4 is 0 Å². The van der Waals surface area contributed by atoms with Gasteiger partial charge < -0.3 is 5.32 Å². The highest BCUT2D eigenvalue weighted by Crippen LogP contribution is 2.29. The molecule has 1 saturated carbocycles. The molecule has 0 amide bonds. The van der Waals surface area contributed by atoms with Gasteiger partial charge in [0.25, 0.3) is 0 Å². The number of benzene rings is 1. The van der Waals surface area contributed by atoms with Crippen LogP contribution in [0.3, 0.4) is 0 Å². The van der Waals surface area contributed by atoms with Crippen LogP contribution < -0.4 is 5.32 Å². The third-order valence-corrected chi connectivity index (χ3v) is 4.27. The molecule has 1 N–H and O–H groups in total. The molecule has 2 rings (SSSR count). The normalized spacial score (nSPS) is 20.4. The summed E-state index contributed by atoms with van der Waals surface area (Å²) in [5.41, 5.74) is 2.84. The van der Waals surface area contributed by atoms with Crippen LogP contribution in [-0.2, 0) is 0 Å². The van der Waals surface area contributed by atoms with Gasteiger partial charge in [0.05, 0.1) is 0 Å². The standard InChI is InChI=1S/C16H25N/c1-12-8-4-7-11-16(12)14(3)17-13(2)15-9-5-6-10-15/h4,7-8,11,13-15,17H,5-6,9-10H2,1-3H3/t13?,14-/m1/s1. The summed E-state index contributed by atoms with van der Waals surface area (Å²) in [6.07, 6.45) is 5.67. The quantitative estimate of drug-likeness (QED) is 0.818. The highest BCUT2D eigenvalue weighted by atomic mass is 14.9. The maximum absolute atomic E-state index is 3.78. The first-order valence-electron chi connectivity index (χ1n) is 7.00. The fourth-order valence-corrected chi connectivity index (χ4v) is 3.15. The van der Waals surface area contributed by atoms with Crippen LogP contribution in [0.4, 0.5) is 0 Å². The lowest BCUT2D eigenvalue weighted by Crippen LogP contribution is -2.34. The number of aryl methyl sites for hydroxylation is 1. The van der Waals surface area contributed by atoms with Gasteiger partial charge in [0.15, 0.2) is 0 Å². The van der Waals surface area contributed by atoms with Crippen LogP contribution in [0, 0.1) is 12.8 Å². The fraction of sp³-hybridized carbons (Fsp3) is 0.625. The lowest BCUT2D eigenvalue weighted by atomic mass is 9.96. The van der Waals surface area contributed by atoms with Crippen molar-refractivity contribution in [3.8, 4) is 0 Å². The molecule has 0 aromatic heterocycles. The SMILES string of the molecule is Cc1ccccc1[C@@H](C)NC(C)C1CCCC1. The molecule has 0 radical (unpaired) electrons. The summed E-state index contributed by atoms with van der Waals surface area (Å²) in [4.78, 5) is 0. The van der Waals surface area contributed by atoms with Gasteiger partial charge in [-0.1, -0.05) is 37.1 Å². The Morgan fingerprint density at radius 2 is 1.76 bits per heavy atom. The lowest BCUT2D eigenvalue weighted by Gasteiger charge is -2.26. The second-order valence-corrected chi connectivity index (χ2v) is 5.58. The third-order valence-electron chi connectivity index (χ3n) is 4.27. The zero-order valence-corrected chi connectivity index (χ0v) is 11.4. The monoisotopic (exact) mass is 231 g/mol. The predicted molar refractivity (Wildman–Crippen MR) is 74.1 cm³/mol. The topological polar surface area (TPSA) is 12.0 Å². The summed E-state index contributed by atoms with van der Waals surface area (Å²) in [7, 11) is 0. The Bertz CT molecular complexity index is 352. The van der Waals surface area contributed by atoms with Crippen LogP contribution in [-0.4, -0.2) is 6.04 Å². The van der Waals surface area contributed by atoms with E-state index in [2.05, 4.69) is 50.4 Å². The highest BCUT2D eigenvalue weighted by Gasteiger charge is 2.22. The molecule has 1 heteroatoms. The van der Waals surface area contributed by atoms with Crippen molar-refractivity contribution in [2.45, 2.75) is 58.5 Å². The zero-order chi connectivity index (χ0) is 12.3. The van der Waals surface area contributed by atoms with Crippen molar-refractivity contribution in [1.29, 1.82) is 0 Å². The van der Waals surface area contributed by atoms with E-state index in [4.69, 9.17) is 0 Å². The minimum Gasteiger partial charge on any atom is -0.307 e. The molecule has 2 atom stereocenters. The Labute approximate surface area is 106 Å².